The second-order valence-corrected chi connectivity index (χ2v) is 5.27. The first-order valence-corrected chi connectivity index (χ1v) is 6.86. The van der Waals surface area contributed by atoms with Gasteiger partial charge in [0, 0.05) is 20.7 Å². The number of aryl methyl sites for hydroxylation is 1. The summed E-state index contributed by atoms with van der Waals surface area (Å²) < 4.78 is 7.17. The summed E-state index contributed by atoms with van der Waals surface area (Å²) in [6.45, 7) is 2.67. The molecule has 0 saturated carbocycles. The van der Waals surface area contributed by atoms with Crippen molar-refractivity contribution in [2.75, 3.05) is 25.9 Å². The van der Waals surface area contributed by atoms with E-state index in [-0.39, 0.29) is 0 Å². The van der Waals surface area contributed by atoms with Crippen LogP contribution in [0.25, 0.3) is 11.0 Å². The van der Waals surface area contributed by atoms with Crippen molar-refractivity contribution in [3.63, 3.8) is 0 Å². The molecule has 0 radical (unpaired) electrons. The molecule has 2 aromatic rings. The minimum Gasteiger partial charge on any atom is -0.383 e. The molecule has 0 aliphatic carbocycles. The molecule has 0 bridgehead atoms. The molecule has 2 aromatic heterocycles. The van der Waals surface area contributed by atoms with Gasteiger partial charge in [-0.3, -0.25) is 9.58 Å². The van der Waals surface area contributed by atoms with Gasteiger partial charge >= 0.3 is 0 Å². The van der Waals surface area contributed by atoms with Crippen LogP contribution in [-0.2, 0) is 18.3 Å². The van der Waals surface area contributed by atoms with Crippen molar-refractivity contribution in [3.05, 3.63) is 12.0 Å². The smallest absolute Gasteiger partial charge is 0.163 e. The Morgan fingerprint density at radius 1 is 1.45 bits per heavy atom. The summed E-state index contributed by atoms with van der Waals surface area (Å²) >= 11 is 0. The molecule has 1 aliphatic heterocycles. The van der Waals surface area contributed by atoms with Crippen molar-refractivity contribution < 1.29 is 4.74 Å². The standard InChI is InChI=1S/C13H20N6O/c1-18-13-10(6-15-18)12(14)16-11(17-13)8-19-5-3-4-9(7-19)20-2/h6,9H,3-5,7-8H2,1-2H3,(H2,14,16,17). The van der Waals surface area contributed by atoms with Gasteiger partial charge in [0.1, 0.15) is 11.6 Å². The number of fused-ring (bicyclic) bond motifs is 1. The molecule has 20 heavy (non-hydrogen) atoms. The number of nitrogens with two attached hydrogens (primary N) is 1. The van der Waals surface area contributed by atoms with Gasteiger partial charge in [0.25, 0.3) is 0 Å². The highest BCUT2D eigenvalue weighted by Crippen LogP contribution is 2.19. The second-order valence-electron chi connectivity index (χ2n) is 5.27. The first-order valence-electron chi connectivity index (χ1n) is 6.86. The first-order chi connectivity index (χ1) is 9.67. The molecule has 1 fully saturated rings. The quantitative estimate of drug-likeness (QED) is 0.882. The molecule has 1 unspecified atom stereocenters. The Kier molecular flexibility index (Phi) is 3.54. The van der Waals surface area contributed by atoms with Gasteiger partial charge in [-0.25, -0.2) is 9.97 Å². The number of nitrogens with zero attached hydrogens (tertiary/aromatic N) is 5. The molecule has 2 N–H and O–H groups in total. The summed E-state index contributed by atoms with van der Waals surface area (Å²) in [5.41, 5.74) is 6.77. The molecule has 0 aromatic carbocycles. The van der Waals surface area contributed by atoms with Crippen molar-refractivity contribution in [1.29, 1.82) is 0 Å². The van der Waals surface area contributed by atoms with Crippen LogP contribution in [0.2, 0.25) is 0 Å². The molecule has 3 rings (SSSR count). The molecule has 1 aliphatic rings. The Morgan fingerprint density at radius 3 is 3.10 bits per heavy atom. The molecule has 1 atom stereocenters. The highest BCUT2D eigenvalue weighted by molar-refractivity contribution is 5.84. The van der Waals surface area contributed by atoms with Gasteiger partial charge in [-0.2, -0.15) is 5.10 Å². The Bertz CT molecular complexity index is 610. The van der Waals surface area contributed by atoms with E-state index in [0.29, 0.717) is 18.5 Å². The highest BCUT2D eigenvalue weighted by atomic mass is 16.5. The normalized spacial score (nSPS) is 20.6. The maximum absolute atomic E-state index is 5.98. The number of rotatable bonds is 3. The lowest BCUT2D eigenvalue weighted by Gasteiger charge is -2.31. The lowest BCUT2D eigenvalue weighted by atomic mass is 10.1. The van der Waals surface area contributed by atoms with E-state index in [9.17, 15) is 0 Å². The fourth-order valence-electron chi connectivity index (χ4n) is 2.71. The van der Waals surface area contributed by atoms with Crippen molar-refractivity contribution in [2.24, 2.45) is 7.05 Å². The summed E-state index contributed by atoms with van der Waals surface area (Å²) in [6, 6.07) is 0. The minimum atomic E-state index is 0.307. The predicted octanol–water partition coefficient (Wildman–Crippen LogP) is 0.556. The fraction of sp³-hybridized carbons (Fsp3) is 0.615. The predicted molar refractivity (Wildman–Crippen MR) is 76.0 cm³/mol. The zero-order valence-electron chi connectivity index (χ0n) is 11.9. The maximum Gasteiger partial charge on any atom is 0.163 e. The molecular weight excluding hydrogens is 256 g/mol. The number of hydrogen-bond donors (Lipinski definition) is 1. The van der Waals surface area contributed by atoms with E-state index in [1.807, 2.05) is 7.05 Å². The molecule has 0 amide bonds. The Balaban J connectivity index is 1.82. The van der Waals surface area contributed by atoms with Gasteiger partial charge in [-0.05, 0) is 19.4 Å². The Morgan fingerprint density at radius 2 is 2.30 bits per heavy atom. The average molecular weight is 276 g/mol. The fourth-order valence-corrected chi connectivity index (χ4v) is 2.71. The van der Waals surface area contributed by atoms with Crippen molar-refractivity contribution >= 4 is 16.9 Å². The van der Waals surface area contributed by atoms with E-state index in [0.717, 1.165) is 42.8 Å². The largest absolute Gasteiger partial charge is 0.383 e. The Hall–Kier alpha value is -1.73. The topological polar surface area (TPSA) is 82.1 Å². The second kappa shape index (κ2) is 5.34. The first kappa shape index (κ1) is 13.3. The van der Waals surface area contributed by atoms with Crippen LogP contribution in [0.15, 0.2) is 6.20 Å². The van der Waals surface area contributed by atoms with Crippen LogP contribution in [0.4, 0.5) is 5.82 Å². The summed E-state index contributed by atoms with van der Waals surface area (Å²) in [5.74, 6) is 1.24. The van der Waals surface area contributed by atoms with Gasteiger partial charge in [-0.1, -0.05) is 0 Å². The van der Waals surface area contributed by atoms with Gasteiger partial charge in [0.05, 0.1) is 24.2 Å². The van der Waals surface area contributed by atoms with Crippen molar-refractivity contribution in [3.8, 4) is 0 Å². The number of hydrogen-bond acceptors (Lipinski definition) is 6. The third kappa shape index (κ3) is 2.46. The third-order valence-electron chi connectivity index (χ3n) is 3.83. The van der Waals surface area contributed by atoms with Crippen molar-refractivity contribution in [2.45, 2.75) is 25.5 Å². The average Bonchev–Trinajstić information content (AvgIpc) is 2.81. The lowest BCUT2D eigenvalue weighted by molar-refractivity contribution is 0.0277. The van der Waals surface area contributed by atoms with Gasteiger partial charge in [-0.15, -0.1) is 0 Å². The van der Waals surface area contributed by atoms with Gasteiger partial charge < -0.3 is 10.5 Å². The molecular formula is C13H20N6O. The van der Waals surface area contributed by atoms with E-state index in [1.54, 1.807) is 18.0 Å². The zero-order chi connectivity index (χ0) is 14.1. The summed E-state index contributed by atoms with van der Waals surface area (Å²) in [5, 5.41) is 4.98. The van der Waals surface area contributed by atoms with Crippen LogP contribution < -0.4 is 5.73 Å². The van der Waals surface area contributed by atoms with E-state index in [2.05, 4.69) is 20.0 Å². The summed E-state index contributed by atoms with van der Waals surface area (Å²) in [4.78, 5) is 11.3. The van der Waals surface area contributed by atoms with E-state index in [1.165, 1.54) is 0 Å². The number of anilines is 1. The molecule has 0 spiro atoms. The van der Waals surface area contributed by atoms with Crippen LogP contribution in [0.1, 0.15) is 18.7 Å². The summed E-state index contributed by atoms with van der Waals surface area (Å²) in [7, 11) is 3.63. The monoisotopic (exact) mass is 276 g/mol. The van der Waals surface area contributed by atoms with Gasteiger partial charge in [0.2, 0.25) is 0 Å². The molecule has 1 saturated heterocycles. The number of methoxy groups -OCH3 is 1. The zero-order valence-corrected chi connectivity index (χ0v) is 11.9. The number of nitrogen functional groups attached to an aromatic ring is 1. The van der Waals surface area contributed by atoms with Crippen LogP contribution in [0, 0.1) is 0 Å². The van der Waals surface area contributed by atoms with Crippen LogP contribution >= 0.6 is 0 Å². The lowest BCUT2D eigenvalue weighted by Crippen LogP contribution is -2.39. The van der Waals surface area contributed by atoms with Crippen LogP contribution in [0.5, 0.6) is 0 Å². The van der Waals surface area contributed by atoms with Crippen LogP contribution in [-0.4, -0.2) is 51.0 Å². The number of piperidine rings is 1. The maximum atomic E-state index is 5.98. The molecule has 7 nitrogen and oxygen atoms in total. The SMILES string of the molecule is COC1CCCN(Cc2nc(N)c3cnn(C)c3n2)C1. The summed E-state index contributed by atoms with van der Waals surface area (Å²) in [6.07, 6.45) is 4.27. The Labute approximate surface area is 117 Å². The molecule has 3 heterocycles. The highest BCUT2D eigenvalue weighted by Gasteiger charge is 2.20. The van der Waals surface area contributed by atoms with Gasteiger partial charge in [0.15, 0.2) is 5.65 Å². The van der Waals surface area contributed by atoms with Crippen molar-refractivity contribution in [1.82, 2.24) is 24.6 Å². The number of ether oxygens (including phenoxy) is 1. The van der Waals surface area contributed by atoms with E-state index < -0.39 is 0 Å². The number of likely N-dealkylation sites (tertiary alicyclic amines) is 1. The number of aromatic nitrogens is 4. The molecule has 7 heteroatoms. The van der Waals surface area contributed by atoms with Crippen LogP contribution in [0.3, 0.4) is 0 Å². The minimum absolute atomic E-state index is 0.307. The molecule has 108 valence electrons. The third-order valence-corrected chi connectivity index (χ3v) is 3.83. The van der Waals surface area contributed by atoms with E-state index >= 15 is 0 Å². The van der Waals surface area contributed by atoms with E-state index in [4.69, 9.17) is 10.5 Å².